The maximum absolute atomic E-state index is 4.77. The summed E-state index contributed by atoms with van der Waals surface area (Å²) in [5, 5.41) is 10.2. The Bertz CT molecular complexity index is 704. The van der Waals surface area contributed by atoms with E-state index in [2.05, 4.69) is 46.9 Å². The van der Waals surface area contributed by atoms with Gasteiger partial charge in [0.1, 0.15) is 5.01 Å². The summed E-state index contributed by atoms with van der Waals surface area (Å²) in [5.41, 5.74) is 2.19. The van der Waals surface area contributed by atoms with Gasteiger partial charge in [0.05, 0.1) is 12.2 Å². The molecule has 0 aliphatic carbocycles. The molecule has 1 aliphatic heterocycles. The molecule has 0 atom stereocenters. The lowest BCUT2D eigenvalue weighted by atomic mass is 10.1. The summed E-state index contributed by atoms with van der Waals surface area (Å²) in [6.07, 6.45) is 3.60. The number of piperidine rings is 1. The van der Waals surface area contributed by atoms with Crippen molar-refractivity contribution < 1.29 is 0 Å². The number of nitrogens with one attached hydrogen (secondary N) is 2. The van der Waals surface area contributed by atoms with E-state index in [1.807, 2.05) is 18.2 Å². The smallest absolute Gasteiger partial charge is 0.191 e. The molecule has 1 saturated heterocycles. The highest BCUT2D eigenvalue weighted by atomic mass is 32.1. The molecule has 0 unspecified atom stereocenters. The van der Waals surface area contributed by atoms with Crippen LogP contribution >= 0.6 is 11.3 Å². The van der Waals surface area contributed by atoms with Gasteiger partial charge in [-0.05, 0) is 32.7 Å². The molecular formula is C21H31N5S. The second-order valence-electron chi connectivity index (χ2n) is 6.95. The number of hydrogen-bond acceptors (Lipinski definition) is 4. The van der Waals surface area contributed by atoms with Gasteiger partial charge in [0.25, 0.3) is 0 Å². The summed E-state index contributed by atoms with van der Waals surface area (Å²) in [6.45, 7) is 9.42. The van der Waals surface area contributed by atoms with E-state index < -0.39 is 0 Å². The average molecular weight is 386 g/mol. The van der Waals surface area contributed by atoms with Crippen LogP contribution in [0.3, 0.4) is 0 Å². The highest BCUT2D eigenvalue weighted by molar-refractivity contribution is 7.09. The Morgan fingerprint density at radius 3 is 2.70 bits per heavy atom. The van der Waals surface area contributed by atoms with E-state index in [1.54, 1.807) is 11.3 Å². The third kappa shape index (κ3) is 6.04. The first-order valence-electron chi connectivity index (χ1n) is 10.1. The van der Waals surface area contributed by atoms with Gasteiger partial charge in [-0.25, -0.2) is 9.98 Å². The summed E-state index contributed by atoms with van der Waals surface area (Å²) in [7, 11) is 0. The molecule has 6 heteroatoms. The highest BCUT2D eigenvalue weighted by Gasteiger charge is 2.19. The van der Waals surface area contributed by atoms with Gasteiger partial charge in [-0.3, -0.25) is 0 Å². The fourth-order valence-corrected chi connectivity index (χ4v) is 4.13. The molecule has 1 aromatic carbocycles. The van der Waals surface area contributed by atoms with E-state index in [0.29, 0.717) is 12.6 Å². The average Bonchev–Trinajstić information content (AvgIpc) is 3.18. The number of likely N-dealkylation sites (tertiary alicyclic amines) is 1. The normalized spacial score (nSPS) is 16.4. The molecule has 0 saturated carbocycles. The molecule has 1 aromatic heterocycles. The molecular weight excluding hydrogens is 354 g/mol. The van der Waals surface area contributed by atoms with E-state index in [-0.39, 0.29) is 0 Å². The Balaban J connectivity index is 1.56. The van der Waals surface area contributed by atoms with Crippen molar-refractivity contribution in [1.29, 1.82) is 0 Å². The van der Waals surface area contributed by atoms with Crippen molar-refractivity contribution in [2.24, 2.45) is 4.99 Å². The summed E-state index contributed by atoms with van der Waals surface area (Å²) in [5.74, 6) is 0.905. The third-order valence-electron chi connectivity index (χ3n) is 4.81. The van der Waals surface area contributed by atoms with Crippen LogP contribution in [-0.4, -0.2) is 48.1 Å². The van der Waals surface area contributed by atoms with Gasteiger partial charge in [0.15, 0.2) is 5.96 Å². The minimum Gasteiger partial charge on any atom is -0.357 e. The van der Waals surface area contributed by atoms with Crippen molar-refractivity contribution in [3.8, 4) is 11.3 Å². The van der Waals surface area contributed by atoms with Crippen LogP contribution in [0.4, 0.5) is 0 Å². The number of aliphatic imine (C=N–C) groups is 1. The first-order valence-corrected chi connectivity index (χ1v) is 10.9. The molecule has 1 aliphatic rings. The second-order valence-corrected chi connectivity index (χ2v) is 7.89. The molecule has 0 spiro atoms. The Morgan fingerprint density at radius 2 is 2.00 bits per heavy atom. The van der Waals surface area contributed by atoms with Crippen molar-refractivity contribution in [1.82, 2.24) is 20.5 Å². The van der Waals surface area contributed by atoms with Crippen LogP contribution in [0.25, 0.3) is 11.3 Å². The Hall–Kier alpha value is -1.92. The fraction of sp³-hybridized carbons (Fsp3) is 0.524. The van der Waals surface area contributed by atoms with E-state index in [0.717, 1.165) is 28.8 Å². The van der Waals surface area contributed by atoms with Crippen LogP contribution in [0.15, 0.2) is 40.7 Å². The lowest BCUT2D eigenvalue weighted by Crippen LogP contribution is -2.48. The van der Waals surface area contributed by atoms with Gasteiger partial charge < -0.3 is 15.5 Å². The number of benzene rings is 1. The summed E-state index contributed by atoms with van der Waals surface area (Å²) in [6, 6.07) is 10.8. The van der Waals surface area contributed by atoms with Crippen LogP contribution in [0, 0.1) is 0 Å². The van der Waals surface area contributed by atoms with Crippen LogP contribution in [0.5, 0.6) is 0 Å². The first-order chi connectivity index (χ1) is 13.3. The molecule has 1 fully saturated rings. The Morgan fingerprint density at radius 1 is 1.22 bits per heavy atom. The fourth-order valence-electron chi connectivity index (χ4n) is 3.40. The topological polar surface area (TPSA) is 52.5 Å². The zero-order valence-electron chi connectivity index (χ0n) is 16.4. The lowest BCUT2D eigenvalue weighted by molar-refractivity contribution is 0.206. The molecule has 0 radical (unpaired) electrons. The summed E-state index contributed by atoms with van der Waals surface area (Å²) < 4.78 is 0. The molecule has 27 heavy (non-hydrogen) atoms. The van der Waals surface area contributed by atoms with Gasteiger partial charge in [0.2, 0.25) is 0 Å². The van der Waals surface area contributed by atoms with Gasteiger partial charge in [-0.15, -0.1) is 11.3 Å². The maximum Gasteiger partial charge on any atom is 0.191 e. The van der Waals surface area contributed by atoms with Gasteiger partial charge in [0, 0.05) is 36.6 Å². The summed E-state index contributed by atoms with van der Waals surface area (Å²) >= 11 is 1.68. The predicted octanol–water partition coefficient (Wildman–Crippen LogP) is 3.74. The van der Waals surface area contributed by atoms with E-state index >= 15 is 0 Å². The second kappa shape index (κ2) is 10.4. The molecule has 5 nitrogen and oxygen atoms in total. The molecule has 2 heterocycles. The molecule has 0 amide bonds. The maximum atomic E-state index is 4.77. The van der Waals surface area contributed by atoms with Crippen molar-refractivity contribution in [3.63, 3.8) is 0 Å². The van der Waals surface area contributed by atoms with Crippen LogP contribution in [0.1, 0.15) is 38.1 Å². The summed E-state index contributed by atoms with van der Waals surface area (Å²) in [4.78, 5) is 12.1. The predicted molar refractivity (Wildman–Crippen MR) is 115 cm³/mol. The van der Waals surface area contributed by atoms with Gasteiger partial charge >= 0.3 is 0 Å². The monoisotopic (exact) mass is 385 g/mol. The zero-order chi connectivity index (χ0) is 18.9. The van der Waals surface area contributed by atoms with Crippen LogP contribution < -0.4 is 10.6 Å². The van der Waals surface area contributed by atoms with Gasteiger partial charge in [-0.1, -0.05) is 37.3 Å². The SMILES string of the molecule is CCCN1CCC(NC(=NCc2nc(-c3ccccc3)cs2)NCC)CC1. The van der Waals surface area contributed by atoms with E-state index in [4.69, 9.17) is 9.98 Å². The number of guanidine groups is 1. The third-order valence-corrected chi connectivity index (χ3v) is 5.64. The minimum atomic E-state index is 0.507. The standard InChI is InChI=1S/C21H31N5S/c1-3-12-26-13-10-18(11-14-26)24-21(22-4-2)23-15-20-25-19(16-27-20)17-8-6-5-7-9-17/h5-9,16,18H,3-4,10-15H2,1-2H3,(H2,22,23,24). The van der Waals surface area contributed by atoms with Crippen molar-refractivity contribution in [2.45, 2.75) is 45.7 Å². The van der Waals surface area contributed by atoms with Crippen molar-refractivity contribution in [3.05, 3.63) is 40.7 Å². The number of hydrogen-bond donors (Lipinski definition) is 2. The van der Waals surface area contributed by atoms with Crippen LogP contribution in [-0.2, 0) is 6.54 Å². The number of nitrogens with zero attached hydrogens (tertiary/aromatic N) is 3. The Labute approximate surface area is 166 Å². The molecule has 146 valence electrons. The number of rotatable bonds is 7. The number of thiazole rings is 1. The first kappa shape index (κ1) is 19.8. The van der Waals surface area contributed by atoms with E-state index in [1.165, 1.54) is 38.9 Å². The highest BCUT2D eigenvalue weighted by Crippen LogP contribution is 2.21. The van der Waals surface area contributed by atoms with Crippen molar-refractivity contribution in [2.75, 3.05) is 26.2 Å². The van der Waals surface area contributed by atoms with E-state index in [9.17, 15) is 0 Å². The van der Waals surface area contributed by atoms with Crippen LogP contribution in [0.2, 0.25) is 0 Å². The molecule has 0 bridgehead atoms. The quantitative estimate of drug-likeness (QED) is 0.563. The lowest BCUT2D eigenvalue weighted by Gasteiger charge is -2.32. The van der Waals surface area contributed by atoms with Gasteiger partial charge in [-0.2, -0.15) is 0 Å². The molecule has 2 aromatic rings. The Kier molecular flexibility index (Phi) is 7.66. The number of aromatic nitrogens is 1. The largest absolute Gasteiger partial charge is 0.357 e. The zero-order valence-corrected chi connectivity index (χ0v) is 17.3. The molecule has 3 rings (SSSR count). The molecule has 2 N–H and O–H groups in total. The minimum absolute atomic E-state index is 0.507. The van der Waals surface area contributed by atoms with Crippen molar-refractivity contribution >= 4 is 17.3 Å².